The Bertz CT molecular complexity index is 958. The summed E-state index contributed by atoms with van der Waals surface area (Å²) in [5.41, 5.74) is 2.00. The number of carbonyl (C=O) groups excluding carboxylic acids is 1. The number of hydrogen-bond acceptors (Lipinski definition) is 3. The fraction of sp³-hybridized carbons (Fsp3) is 0.409. The van der Waals surface area contributed by atoms with Crippen molar-refractivity contribution in [2.45, 2.75) is 37.6 Å². The summed E-state index contributed by atoms with van der Waals surface area (Å²) in [6.07, 6.45) is 2.29. The molecule has 2 N–H and O–H groups in total. The van der Waals surface area contributed by atoms with Crippen LogP contribution in [0.1, 0.15) is 35.7 Å². The van der Waals surface area contributed by atoms with E-state index in [1.165, 1.54) is 34.8 Å². The molecule has 156 valence electrons. The van der Waals surface area contributed by atoms with Crippen LogP contribution in [-0.4, -0.2) is 47.0 Å². The number of hydrogen-bond donors (Lipinski definition) is 2. The normalized spacial score (nSPS) is 19.1. The van der Waals surface area contributed by atoms with Crippen molar-refractivity contribution in [3.63, 3.8) is 0 Å². The molecule has 2 atom stereocenters. The second kappa shape index (κ2) is 8.97. The lowest BCUT2D eigenvalue weighted by atomic mass is 10.2. The van der Waals surface area contributed by atoms with E-state index in [0.29, 0.717) is 23.8 Å². The topological polar surface area (TPSA) is 70.9 Å². The number of anilines is 1. The van der Waals surface area contributed by atoms with Gasteiger partial charge < -0.3 is 10.2 Å². The van der Waals surface area contributed by atoms with Gasteiger partial charge in [-0.25, -0.2) is 8.42 Å². The maximum atomic E-state index is 13.0. The van der Waals surface area contributed by atoms with E-state index in [0.717, 1.165) is 25.1 Å². The van der Waals surface area contributed by atoms with Crippen LogP contribution in [0.2, 0.25) is 0 Å². The lowest BCUT2D eigenvalue weighted by Crippen LogP contribution is -3.14. The number of rotatable bonds is 7. The highest BCUT2D eigenvalue weighted by atomic mass is 32.2. The molecule has 7 heteroatoms. The monoisotopic (exact) mass is 416 g/mol. The quantitative estimate of drug-likeness (QED) is 0.721. The average Bonchev–Trinajstić information content (AvgIpc) is 3.19. The van der Waals surface area contributed by atoms with E-state index in [9.17, 15) is 13.2 Å². The average molecular weight is 417 g/mol. The minimum Gasteiger partial charge on any atom is -0.346 e. The fourth-order valence-corrected chi connectivity index (χ4v) is 5.10. The molecule has 0 spiro atoms. The summed E-state index contributed by atoms with van der Waals surface area (Å²) in [5, 5.41) is 2.98. The minimum absolute atomic E-state index is 0.106. The number of nitrogens with one attached hydrogen (secondary N) is 2. The molecule has 2 aromatic rings. The van der Waals surface area contributed by atoms with E-state index >= 15 is 0 Å². The molecule has 1 aliphatic heterocycles. The molecule has 0 saturated carbocycles. The third kappa shape index (κ3) is 4.79. The number of aryl methyl sites for hydroxylation is 1. The van der Waals surface area contributed by atoms with Crippen LogP contribution >= 0.6 is 0 Å². The van der Waals surface area contributed by atoms with Crippen molar-refractivity contribution >= 4 is 21.6 Å². The second-order valence-electron chi connectivity index (χ2n) is 7.65. The smallest absolute Gasteiger partial charge is 0.264 e. The van der Waals surface area contributed by atoms with Crippen LogP contribution in [-0.2, 0) is 10.0 Å². The van der Waals surface area contributed by atoms with Crippen LogP contribution in [0.5, 0.6) is 0 Å². The van der Waals surface area contributed by atoms with Crippen LogP contribution in [0.3, 0.4) is 0 Å². The Morgan fingerprint density at radius 2 is 1.93 bits per heavy atom. The predicted molar refractivity (Wildman–Crippen MR) is 115 cm³/mol. The second-order valence-corrected chi connectivity index (χ2v) is 9.62. The number of amides is 1. The van der Waals surface area contributed by atoms with Gasteiger partial charge in [0.25, 0.3) is 15.9 Å². The largest absolute Gasteiger partial charge is 0.346 e. The first-order valence-electron chi connectivity index (χ1n) is 10.1. The van der Waals surface area contributed by atoms with Crippen LogP contribution in [0.4, 0.5) is 5.69 Å². The molecule has 0 radical (unpaired) electrons. The van der Waals surface area contributed by atoms with Gasteiger partial charge in [0.1, 0.15) is 6.04 Å². The summed E-state index contributed by atoms with van der Waals surface area (Å²) in [4.78, 5) is 14.2. The van der Waals surface area contributed by atoms with Gasteiger partial charge in [-0.2, -0.15) is 0 Å². The van der Waals surface area contributed by atoms with E-state index in [-0.39, 0.29) is 10.8 Å². The highest BCUT2D eigenvalue weighted by molar-refractivity contribution is 7.92. The molecule has 0 aliphatic carbocycles. The minimum atomic E-state index is -3.76. The maximum Gasteiger partial charge on any atom is 0.264 e. The van der Waals surface area contributed by atoms with Gasteiger partial charge in [-0.3, -0.25) is 9.10 Å². The number of likely N-dealkylation sites (tertiary alicyclic amines) is 1. The Kier molecular flexibility index (Phi) is 6.59. The Hall–Kier alpha value is -2.38. The molecule has 1 aliphatic rings. The SMILES string of the molecule is CC[NH+]1CCC[C@@H]1CNC(=O)c1cccc(S(=O)(=O)N(C)c2ccc(C)cc2)c1. The number of benzene rings is 2. The number of carbonyl (C=O) groups is 1. The summed E-state index contributed by atoms with van der Waals surface area (Å²) in [6, 6.07) is 14.0. The summed E-state index contributed by atoms with van der Waals surface area (Å²) in [7, 11) is -2.23. The number of likely N-dealkylation sites (N-methyl/N-ethyl adjacent to an activating group) is 1. The lowest BCUT2D eigenvalue weighted by Gasteiger charge is -2.21. The molecular formula is C22H30N3O3S+. The molecule has 1 amide bonds. The first-order valence-corrected chi connectivity index (χ1v) is 11.6. The summed E-state index contributed by atoms with van der Waals surface area (Å²) >= 11 is 0. The van der Waals surface area contributed by atoms with Crippen molar-refractivity contribution in [2.75, 3.05) is 31.0 Å². The molecule has 2 aromatic carbocycles. The van der Waals surface area contributed by atoms with Gasteiger partial charge in [-0.05, 0) is 44.2 Å². The first kappa shape index (κ1) is 21.3. The molecule has 29 heavy (non-hydrogen) atoms. The van der Waals surface area contributed by atoms with Gasteiger partial charge >= 0.3 is 0 Å². The standard InChI is InChI=1S/C22H29N3O3S/c1-4-25-14-6-8-20(25)16-23-22(26)18-7-5-9-21(15-18)29(27,28)24(3)19-12-10-17(2)11-13-19/h5,7,9-13,15,20H,4,6,8,14,16H2,1-3H3,(H,23,26)/p+1/t20-/m1/s1. The van der Waals surface area contributed by atoms with Gasteiger partial charge in [0.2, 0.25) is 0 Å². The molecule has 6 nitrogen and oxygen atoms in total. The molecule has 1 heterocycles. The number of quaternary nitrogens is 1. The maximum absolute atomic E-state index is 13.0. The molecule has 0 bridgehead atoms. The Balaban J connectivity index is 1.74. The van der Waals surface area contributed by atoms with Crippen molar-refractivity contribution < 1.29 is 18.1 Å². The molecule has 3 rings (SSSR count). The highest BCUT2D eigenvalue weighted by Gasteiger charge is 2.27. The van der Waals surface area contributed by atoms with Gasteiger partial charge in [0.05, 0.1) is 30.2 Å². The summed E-state index contributed by atoms with van der Waals surface area (Å²) in [5.74, 6) is -0.234. The lowest BCUT2D eigenvalue weighted by molar-refractivity contribution is -0.909. The molecular weight excluding hydrogens is 386 g/mol. The van der Waals surface area contributed by atoms with Crippen LogP contribution in [0, 0.1) is 6.92 Å². The van der Waals surface area contributed by atoms with E-state index in [1.54, 1.807) is 24.3 Å². The molecule has 1 saturated heterocycles. The van der Waals surface area contributed by atoms with Gasteiger partial charge in [0, 0.05) is 25.5 Å². The highest BCUT2D eigenvalue weighted by Crippen LogP contribution is 2.23. The van der Waals surface area contributed by atoms with E-state index < -0.39 is 10.0 Å². The summed E-state index contributed by atoms with van der Waals surface area (Å²) in [6.45, 7) is 6.93. The van der Waals surface area contributed by atoms with E-state index in [4.69, 9.17) is 0 Å². The van der Waals surface area contributed by atoms with Crippen LogP contribution in [0.15, 0.2) is 53.4 Å². The van der Waals surface area contributed by atoms with Gasteiger partial charge in [-0.15, -0.1) is 0 Å². The summed E-state index contributed by atoms with van der Waals surface area (Å²) < 4.78 is 27.3. The molecule has 0 aromatic heterocycles. The number of sulfonamides is 1. The van der Waals surface area contributed by atoms with Crippen molar-refractivity contribution in [1.29, 1.82) is 0 Å². The van der Waals surface area contributed by atoms with Crippen molar-refractivity contribution in [2.24, 2.45) is 0 Å². The Labute approximate surface area is 173 Å². The van der Waals surface area contributed by atoms with Crippen molar-refractivity contribution in [3.8, 4) is 0 Å². The third-order valence-corrected chi connectivity index (χ3v) is 7.52. The number of nitrogens with zero attached hydrogens (tertiary/aromatic N) is 1. The van der Waals surface area contributed by atoms with E-state index in [1.807, 2.05) is 19.1 Å². The zero-order chi connectivity index (χ0) is 21.0. The van der Waals surface area contributed by atoms with Gasteiger partial charge in [0.15, 0.2) is 0 Å². The van der Waals surface area contributed by atoms with Crippen LogP contribution in [0.25, 0.3) is 0 Å². The van der Waals surface area contributed by atoms with Gasteiger partial charge in [-0.1, -0.05) is 23.8 Å². The molecule has 1 unspecified atom stereocenters. The van der Waals surface area contributed by atoms with Crippen molar-refractivity contribution in [3.05, 3.63) is 59.7 Å². The van der Waals surface area contributed by atoms with E-state index in [2.05, 4.69) is 12.2 Å². The zero-order valence-electron chi connectivity index (χ0n) is 17.3. The first-order chi connectivity index (χ1) is 13.8. The Morgan fingerprint density at radius 1 is 1.21 bits per heavy atom. The Morgan fingerprint density at radius 3 is 2.62 bits per heavy atom. The zero-order valence-corrected chi connectivity index (χ0v) is 18.1. The molecule has 1 fully saturated rings. The van der Waals surface area contributed by atoms with Crippen molar-refractivity contribution in [1.82, 2.24) is 5.32 Å². The fourth-order valence-electron chi connectivity index (χ4n) is 3.86. The van der Waals surface area contributed by atoms with Crippen LogP contribution < -0.4 is 14.5 Å². The third-order valence-electron chi connectivity index (χ3n) is 5.74. The predicted octanol–water partition coefficient (Wildman–Crippen LogP) is 1.62.